The molecule has 0 bridgehead atoms. The first-order valence-corrected chi connectivity index (χ1v) is 7.74. The van der Waals surface area contributed by atoms with E-state index in [1.165, 1.54) is 0 Å². The Morgan fingerprint density at radius 2 is 2.19 bits per heavy atom. The van der Waals surface area contributed by atoms with Gasteiger partial charge < -0.3 is 10.1 Å². The smallest absolute Gasteiger partial charge is 0.359 e. The third-order valence-corrected chi connectivity index (χ3v) is 4.00. The van der Waals surface area contributed by atoms with E-state index < -0.39 is 0 Å². The summed E-state index contributed by atoms with van der Waals surface area (Å²) in [5.74, 6) is -0.353. The second-order valence-electron chi connectivity index (χ2n) is 4.81. The standard InChI is InChI=1S/C15H16BrN3O2/c1-2-21-15(20)14-12-9-17-8-7-13(12)19(18-14)11-5-3-10(16)4-6-11/h3-6,17H,2,7-9H2,1H3. The van der Waals surface area contributed by atoms with Gasteiger partial charge in [0.1, 0.15) is 0 Å². The van der Waals surface area contributed by atoms with Crippen LogP contribution in [0.3, 0.4) is 0 Å². The summed E-state index contributed by atoms with van der Waals surface area (Å²) in [5, 5.41) is 7.78. The first-order chi connectivity index (χ1) is 10.2. The van der Waals surface area contributed by atoms with E-state index in [0.29, 0.717) is 18.8 Å². The molecule has 0 saturated carbocycles. The summed E-state index contributed by atoms with van der Waals surface area (Å²) in [6.07, 6.45) is 0.845. The Hall–Kier alpha value is -1.66. The molecule has 2 heterocycles. The summed E-state index contributed by atoms with van der Waals surface area (Å²) in [5.41, 5.74) is 3.40. The monoisotopic (exact) mass is 349 g/mol. The third-order valence-electron chi connectivity index (χ3n) is 3.47. The number of hydrogen-bond acceptors (Lipinski definition) is 4. The lowest BCUT2D eigenvalue weighted by molar-refractivity contribution is 0.0517. The largest absolute Gasteiger partial charge is 0.461 e. The Balaban J connectivity index is 2.08. The number of rotatable bonds is 3. The van der Waals surface area contributed by atoms with Gasteiger partial charge in [-0.3, -0.25) is 0 Å². The zero-order valence-corrected chi connectivity index (χ0v) is 13.3. The number of fused-ring (bicyclic) bond motifs is 1. The lowest BCUT2D eigenvalue weighted by atomic mass is 10.1. The maximum Gasteiger partial charge on any atom is 0.359 e. The lowest BCUT2D eigenvalue weighted by Gasteiger charge is -2.15. The molecule has 6 heteroatoms. The number of carbonyl (C=O) groups excluding carboxylic acids is 1. The van der Waals surface area contributed by atoms with Crippen LogP contribution in [-0.2, 0) is 17.7 Å². The zero-order valence-electron chi connectivity index (χ0n) is 11.7. The van der Waals surface area contributed by atoms with E-state index in [0.717, 1.165) is 34.4 Å². The molecule has 1 N–H and O–H groups in total. The number of esters is 1. The van der Waals surface area contributed by atoms with Crippen molar-refractivity contribution in [1.29, 1.82) is 0 Å². The molecule has 2 aromatic rings. The van der Waals surface area contributed by atoms with Gasteiger partial charge in [0, 0.05) is 29.5 Å². The van der Waals surface area contributed by atoms with E-state index in [-0.39, 0.29) is 5.97 Å². The Bertz CT molecular complexity index is 664. The Morgan fingerprint density at radius 1 is 1.43 bits per heavy atom. The maximum absolute atomic E-state index is 12.1. The summed E-state index contributed by atoms with van der Waals surface area (Å²) < 4.78 is 7.98. The predicted molar refractivity (Wildman–Crippen MR) is 82.6 cm³/mol. The first-order valence-electron chi connectivity index (χ1n) is 6.95. The molecule has 0 atom stereocenters. The predicted octanol–water partition coefficient (Wildman–Crippen LogP) is 2.46. The maximum atomic E-state index is 12.1. The second-order valence-corrected chi connectivity index (χ2v) is 5.72. The molecule has 0 fully saturated rings. The van der Waals surface area contributed by atoms with Crippen molar-refractivity contribution >= 4 is 21.9 Å². The molecule has 1 aromatic carbocycles. The van der Waals surface area contributed by atoms with Gasteiger partial charge in [0.05, 0.1) is 18.0 Å². The molecule has 0 unspecified atom stereocenters. The normalized spacial score (nSPS) is 13.8. The molecular weight excluding hydrogens is 334 g/mol. The van der Waals surface area contributed by atoms with Crippen molar-refractivity contribution in [2.75, 3.05) is 13.2 Å². The van der Waals surface area contributed by atoms with Crippen LogP contribution in [0, 0.1) is 0 Å². The molecule has 110 valence electrons. The number of halogens is 1. The summed E-state index contributed by atoms with van der Waals surface area (Å²) in [4.78, 5) is 12.1. The molecule has 0 saturated heterocycles. The summed E-state index contributed by atoms with van der Waals surface area (Å²) in [6, 6.07) is 7.89. The quantitative estimate of drug-likeness (QED) is 0.864. The van der Waals surface area contributed by atoms with Gasteiger partial charge in [-0.1, -0.05) is 15.9 Å². The highest BCUT2D eigenvalue weighted by atomic mass is 79.9. The van der Waals surface area contributed by atoms with Gasteiger partial charge >= 0.3 is 5.97 Å². The summed E-state index contributed by atoms with van der Waals surface area (Å²) >= 11 is 3.43. The SMILES string of the molecule is CCOC(=O)c1nn(-c2ccc(Br)cc2)c2c1CNCC2. The van der Waals surface area contributed by atoms with Gasteiger partial charge in [0.25, 0.3) is 0 Å². The fourth-order valence-corrected chi connectivity index (χ4v) is 2.77. The lowest BCUT2D eigenvalue weighted by Crippen LogP contribution is -2.25. The third kappa shape index (κ3) is 2.73. The van der Waals surface area contributed by atoms with Crippen LogP contribution in [0.25, 0.3) is 5.69 Å². The molecule has 0 spiro atoms. The minimum atomic E-state index is -0.353. The molecule has 1 aromatic heterocycles. The van der Waals surface area contributed by atoms with Crippen molar-refractivity contribution in [1.82, 2.24) is 15.1 Å². The average molecular weight is 350 g/mol. The van der Waals surface area contributed by atoms with Crippen molar-refractivity contribution in [3.05, 3.63) is 45.7 Å². The van der Waals surface area contributed by atoms with Crippen LogP contribution in [0.15, 0.2) is 28.7 Å². The number of carbonyl (C=O) groups is 1. The average Bonchev–Trinajstić information content (AvgIpc) is 2.88. The van der Waals surface area contributed by atoms with Crippen LogP contribution in [-0.4, -0.2) is 28.9 Å². The highest BCUT2D eigenvalue weighted by Gasteiger charge is 2.26. The van der Waals surface area contributed by atoms with Crippen LogP contribution in [0.1, 0.15) is 28.7 Å². The molecule has 5 nitrogen and oxygen atoms in total. The van der Waals surface area contributed by atoms with Crippen LogP contribution in [0.5, 0.6) is 0 Å². The van der Waals surface area contributed by atoms with Crippen LogP contribution in [0.2, 0.25) is 0 Å². The summed E-state index contributed by atoms with van der Waals surface area (Å²) in [7, 11) is 0. The van der Waals surface area contributed by atoms with E-state index >= 15 is 0 Å². The van der Waals surface area contributed by atoms with Crippen molar-refractivity contribution in [2.45, 2.75) is 19.9 Å². The fourth-order valence-electron chi connectivity index (χ4n) is 2.51. The molecule has 1 aliphatic heterocycles. The highest BCUT2D eigenvalue weighted by molar-refractivity contribution is 9.10. The first kappa shape index (κ1) is 14.3. The van der Waals surface area contributed by atoms with Crippen molar-refractivity contribution in [3.8, 4) is 5.69 Å². The number of ether oxygens (including phenoxy) is 1. The van der Waals surface area contributed by atoms with Crippen molar-refractivity contribution in [3.63, 3.8) is 0 Å². The van der Waals surface area contributed by atoms with E-state index in [1.807, 2.05) is 28.9 Å². The molecule has 3 rings (SSSR count). The van der Waals surface area contributed by atoms with Gasteiger partial charge in [-0.05, 0) is 31.2 Å². The Labute approximate surface area is 131 Å². The fraction of sp³-hybridized carbons (Fsp3) is 0.333. The van der Waals surface area contributed by atoms with Gasteiger partial charge in [0.2, 0.25) is 0 Å². The number of benzene rings is 1. The number of nitrogens with zero attached hydrogens (tertiary/aromatic N) is 2. The second kappa shape index (κ2) is 5.99. The molecule has 1 aliphatic rings. The van der Waals surface area contributed by atoms with Crippen LogP contribution >= 0.6 is 15.9 Å². The van der Waals surface area contributed by atoms with Gasteiger partial charge in [-0.25, -0.2) is 9.48 Å². The topological polar surface area (TPSA) is 56.1 Å². The van der Waals surface area contributed by atoms with Crippen LogP contribution < -0.4 is 5.32 Å². The Kier molecular flexibility index (Phi) is 4.07. The van der Waals surface area contributed by atoms with Gasteiger partial charge in [-0.2, -0.15) is 5.10 Å². The zero-order chi connectivity index (χ0) is 14.8. The molecule has 21 heavy (non-hydrogen) atoms. The summed E-state index contributed by atoms with van der Waals surface area (Å²) in [6.45, 7) is 3.69. The molecule has 0 aliphatic carbocycles. The van der Waals surface area contributed by atoms with E-state index in [1.54, 1.807) is 6.92 Å². The van der Waals surface area contributed by atoms with E-state index in [9.17, 15) is 4.79 Å². The molecular formula is C15H16BrN3O2. The van der Waals surface area contributed by atoms with Crippen LogP contribution in [0.4, 0.5) is 0 Å². The van der Waals surface area contributed by atoms with Crippen molar-refractivity contribution in [2.24, 2.45) is 0 Å². The highest BCUT2D eigenvalue weighted by Crippen LogP contribution is 2.23. The van der Waals surface area contributed by atoms with Crippen molar-refractivity contribution < 1.29 is 9.53 Å². The minimum Gasteiger partial charge on any atom is -0.461 e. The van der Waals surface area contributed by atoms with E-state index in [4.69, 9.17) is 4.74 Å². The molecule has 0 amide bonds. The number of hydrogen-bond donors (Lipinski definition) is 1. The van der Waals surface area contributed by atoms with Gasteiger partial charge in [-0.15, -0.1) is 0 Å². The number of nitrogens with one attached hydrogen (secondary N) is 1. The number of aromatic nitrogens is 2. The minimum absolute atomic E-state index is 0.353. The van der Waals surface area contributed by atoms with E-state index in [2.05, 4.69) is 26.3 Å². The Morgan fingerprint density at radius 3 is 2.90 bits per heavy atom. The molecule has 0 radical (unpaired) electrons. The van der Waals surface area contributed by atoms with Gasteiger partial charge in [0.15, 0.2) is 5.69 Å².